The van der Waals surface area contributed by atoms with Crippen molar-refractivity contribution in [3.8, 4) is 0 Å². The summed E-state index contributed by atoms with van der Waals surface area (Å²) in [5, 5.41) is 0. The van der Waals surface area contributed by atoms with Gasteiger partial charge in [0.05, 0.1) is 17.1 Å². The monoisotopic (exact) mass is 513 g/mol. The largest absolute Gasteiger partial charge is 0.240 e. The van der Waals surface area contributed by atoms with Crippen molar-refractivity contribution in [2.24, 2.45) is 15.0 Å². The molecule has 0 aromatic heterocycles. The molecular formula is C33H27N3O3. The van der Waals surface area contributed by atoms with Crippen LogP contribution in [-0.4, -0.2) is 18.2 Å². The molecule has 0 bridgehead atoms. The van der Waals surface area contributed by atoms with Crippen LogP contribution < -0.4 is 0 Å². The molecule has 0 N–H and O–H groups in total. The van der Waals surface area contributed by atoms with Gasteiger partial charge in [0.15, 0.2) is 0 Å². The topological polar surface area (TPSA) is 88.3 Å². The summed E-state index contributed by atoms with van der Waals surface area (Å²) < 4.78 is 0. The summed E-state index contributed by atoms with van der Waals surface area (Å²) in [6.07, 6.45) is 4.74. The van der Waals surface area contributed by atoms with Gasteiger partial charge in [-0.15, -0.1) is 0 Å². The number of aliphatic imine (C=N–C) groups is 3. The van der Waals surface area contributed by atoms with Gasteiger partial charge in [-0.3, -0.25) is 0 Å². The Labute approximate surface area is 227 Å². The smallest absolute Gasteiger partial charge is 0.211 e. The Kier molecular flexibility index (Phi) is 8.68. The molecule has 0 saturated carbocycles. The predicted molar refractivity (Wildman–Crippen MR) is 152 cm³/mol. The van der Waals surface area contributed by atoms with Crippen molar-refractivity contribution in [2.45, 2.75) is 38.5 Å². The fraction of sp³-hybridized carbons (Fsp3) is 0.182. The summed E-state index contributed by atoms with van der Waals surface area (Å²) >= 11 is 0. The summed E-state index contributed by atoms with van der Waals surface area (Å²) in [7, 11) is 0. The van der Waals surface area contributed by atoms with Crippen molar-refractivity contribution < 1.29 is 14.4 Å². The van der Waals surface area contributed by atoms with Crippen molar-refractivity contribution >= 4 is 35.3 Å². The minimum Gasteiger partial charge on any atom is -0.211 e. The van der Waals surface area contributed by atoms with Gasteiger partial charge in [-0.25, -0.2) is 14.4 Å². The molecule has 3 atom stereocenters. The Balaban J connectivity index is 1.76. The maximum Gasteiger partial charge on any atom is 0.240 e. The summed E-state index contributed by atoms with van der Waals surface area (Å²) in [6.45, 7) is 6.48. The first kappa shape index (κ1) is 27.1. The van der Waals surface area contributed by atoms with Gasteiger partial charge in [0.1, 0.15) is 0 Å². The van der Waals surface area contributed by atoms with Gasteiger partial charge in [-0.1, -0.05) is 75.4 Å². The van der Waals surface area contributed by atoms with E-state index in [9.17, 15) is 14.4 Å². The number of isocyanates is 3. The second-order valence-electron chi connectivity index (χ2n) is 9.48. The van der Waals surface area contributed by atoms with Crippen LogP contribution in [0.1, 0.15) is 71.9 Å². The van der Waals surface area contributed by atoms with Crippen molar-refractivity contribution in [2.75, 3.05) is 0 Å². The van der Waals surface area contributed by atoms with Crippen LogP contribution in [0.25, 0.3) is 0 Å². The van der Waals surface area contributed by atoms with Crippen molar-refractivity contribution in [3.63, 3.8) is 0 Å². The first-order valence-electron chi connectivity index (χ1n) is 12.6. The molecule has 4 aromatic carbocycles. The number of carbonyl (C=O) groups excluding carboxylic acids is 3. The molecule has 4 rings (SSSR count). The fourth-order valence-electron chi connectivity index (χ4n) is 4.70. The Morgan fingerprint density at radius 2 is 0.641 bits per heavy atom. The molecule has 0 amide bonds. The Morgan fingerprint density at radius 1 is 0.410 bits per heavy atom. The lowest BCUT2D eigenvalue weighted by Gasteiger charge is -2.22. The van der Waals surface area contributed by atoms with Gasteiger partial charge in [0.25, 0.3) is 0 Å². The normalized spacial score (nSPS) is 12.7. The highest BCUT2D eigenvalue weighted by molar-refractivity contribution is 5.53. The van der Waals surface area contributed by atoms with E-state index in [2.05, 4.69) is 53.9 Å². The second-order valence-corrected chi connectivity index (χ2v) is 9.48. The highest BCUT2D eigenvalue weighted by atomic mass is 16.1. The van der Waals surface area contributed by atoms with Crippen LogP contribution in [0.15, 0.2) is 106 Å². The van der Waals surface area contributed by atoms with E-state index in [0.717, 1.165) is 33.4 Å². The van der Waals surface area contributed by atoms with Crippen LogP contribution in [0.2, 0.25) is 0 Å². The van der Waals surface area contributed by atoms with E-state index in [-0.39, 0.29) is 17.8 Å². The molecule has 0 saturated heterocycles. The highest BCUT2D eigenvalue weighted by Crippen LogP contribution is 2.36. The maximum atomic E-state index is 10.6. The summed E-state index contributed by atoms with van der Waals surface area (Å²) in [5.41, 5.74) is 8.53. The maximum absolute atomic E-state index is 10.6. The van der Waals surface area contributed by atoms with Gasteiger partial charge in [0.2, 0.25) is 18.2 Å². The van der Waals surface area contributed by atoms with E-state index >= 15 is 0 Å². The highest BCUT2D eigenvalue weighted by Gasteiger charge is 2.18. The van der Waals surface area contributed by atoms with E-state index in [1.54, 1.807) is 18.2 Å². The molecule has 39 heavy (non-hydrogen) atoms. The average Bonchev–Trinajstić information content (AvgIpc) is 2.97. The number of benzene rings is 4. The van der Waals surface area contributed by atoms with Crippen molar-refractivity contribution in [1.82, 2.24) is 0 Å². The molecule has 0 spiro atoms. The molecule has 6 heteroatoms. The lowest BCUT2D eigenvalue weighted by atomic mass is 9.82. The quantitative estimate of drug-likeness (QED) is 0.168. The first-order valence-corrected chi connectivity index (χ1v) is 12.6. The average molecular weight is 514 g/mol. The van der Waals surface area contributed by atoms with Crippen molar-refractivity contribution in [1.29, 1.82) is 0 Å². The van der Waals surface area contributed by atoms with Crippen molar-refractivity contribution in [3.05, 3.63) is 124 Å². The minimum absolute atomic E-state index is 0.0889. The van der Waals surface area contributed by atoms with E-state index in [1.807, 2.05) is 72.8 Å². The van der Waals surface area contributed by atoms with Crippen LogP contribution in [0.3, 0.4) is 0 Å². The zero-order chi connectivity index (χ0) is 27.8. The molecule has 0 heterocycles. The molecule has 0 fully saturated rings. The lowest BCUT2D eigenvalue weighted by Crippen LogP contribution is -2.05. The molecule has 6 nitrogen and oxygen atoms in total. The van der Waals surface area contributed by atoms with Gasteiger partial charge in [-0.2, -0.15) is 15.0 Å². The Bertz CT molecular complexity index is 1380. The summed E-state index contributed by atoms with van der Waals surface area (Å²) in [5.74, 6) is 0.267. The summed E-state index contributed by atoms with van der Waals surface area (Å²) in [4.78, 5) is 42.9. The SMILES string of the molecule is CC(c1ccc(N=C=O)cc1)c1cc(C(C)c2ccc(N=C=O)cc2)cc(C(C)c2ccc(N=C=O)cc2)c1. The molecule has 0 aliphatic heterocycles. The van der Waals surface area contributed by atoms with Crippen LogP contribution in [0.5, 0.6) is 0 Å². The van der Waals surface area contributed by atoms with E-state index in [1.165, 1.54) is 0 Å². The van der Waals surface area contributed by atoms with E-state index in [0.29, 0.717) is 17.1 Å². The third-order valence-corrected chi connectivity index (χ3v) is 7.20. The van der Waals surface area contributed by atoms with Gasteiger partial charge in [0, 0.05) is 17.8 Å². The number of hydrogen-bond donors (Lipinski definition) is 0. The molecule has 192 valence electrons. The third kappa shape index (κ3) is 6.48. The predicted octanol–water partition coefficient (Wildman–Crippen LogP) is 8.04. The molecule has 0 aliphatic carbocycles. The van der Waals surface area contributed by atoms with Crippen LogP contribution in [0.4, 0.5) is 17.1 Å². The van der Waals surface area contributed by atoms with Gasteiger partial charge < -0.3 is 0 Å². The summed E-state index contributed by atoms with van der Waals surface area (Å²) in [6, 6.07) is 29.5. The van der Waals surface area contributed by atoms with E-state index < -0.39 is 0 Å². The third-order valence-electron chi connectivity index (χ3n) is 7.20. The van der Waals surface area contributed by atoms with Crippen LogP contribution in [0, 0.1) is 0 Å². The fourth-order valence-corrected chi connectivity index (χ4v) is 4.70. The lowest BCUT2D eigenvalue weighted by molar-refractivity contribution is 0.564. The zero-order valence-corrected chi connectivity index (χ0v) is 22.0. The number of nitrogens with zero attached hydrogens (tertiary/aromatic N) is 3. The Morgan fingerprint density at radius 3 is 0.846 bits per heavy atom. The van der Waals surface area contributed by atoms with Crippen LogP contribution in [-0.2, 0) is 14.4 Å². The molecule has 0 radical (unpaired) electrons. The first-order chi connectivity index (χ1) is 18.9. The van der Waals surface area contributed by atoms with Crippen LogP contribution >= 0.6 is 0 Å². The number of rotatable bonds is 9. The Hall–Kier alpha value is -4.98. The number of hydrogen-bond acceptors (Lipinski definition) is 6. The molecule has 0 aliphatic rings. The minimum atomic E-state index is 0.0889. The second kappa shape index (κ2) is 12.5. The van der Waals surface area contributed by atoms with Gasteiger partial charge in [-0.05, 0) is 69.8 Å². The molecule has 4 aromatic rings. The molecule has 3 unspecified atom stereocenters. The molecular weight excluding hydrogens is 486 g/mol. The van der Waals surface area contributed by atoms with Gasteiger partial charge >= 0.3 is 0 Å². The zero-order valence-electron chi connectivity index (χ0n) is 22.0. The van der Waals surface area contributed by atoms with E-state index in [4.69, 9.17) is 0 Å². The standard InChI is InChI=1S/C33H27N3O3/c1-22(25-4-10-31(11-5-25)34-19-37)28-16-29(23(2)26-6-12-32(13-7-26)35-20-38)18-30(17-28)24(3)27-8-14-33(15-9-27)36-21-39/h4-18,22-24H,1-3H3.